The summed E-state index contributed by atoms with van der Waals surface area (Å²) >= 11 is 1.31. The van der Waals surface area contributed by atoms with Crippen molar-refractivity contribution in [2.75, 3.05) is 16.8 Å². The number of thiophene rings is 1. The molecule has 10 heteroatoms. The van der Waals surface area contributed by atoms with Gasteiger partial charge in [-0.3, -0.25) is 9.59 Å². The van der Waals surface area contributed by atoms with E-state index >= 15 is 0 Å². The summed E-state index contributed by atoms with van der Waals surface area (Å²) in [5.74, 6) is -1.61. The number of rotatable bonds is 4. The Hall–Kier alpha value is -5.22. The number of hydrogen-bond donors (Lipinski definition) is 2. The van der Waals surface area contributed by atoms with Crippen molar-refractivity contribution < 1.29 is 18.4 Å². The van der Waals surface area contributed by atoms with Gasteiger partial charge in [-0.05, 0) is 60.9 Å². The lowest BCUT2D eigenvalue weighted by atomic mass is 10.1. The molecule has 212 valence electrons. The molecule has 5 heterocycles. The van der Waals surface area contributed by atoms with E-state index in [0.29, 0.717) is 51.4 Å². The second-order valence-electron chi connectivity index (χ2n) is 10.2. The summed E-state index contributed by atoms with van der Waals surface area (Å²) in [5, 5.41) is 3.30. The number of nitrogens with one attached hydrogen (secondary N) is 2. The number of aromatic amines is 1. The molecule has 2 N–H and O–H groups in total. The van der Waals surface area contributed by atoms with E-state index in [1.807, 2.05) is 30.3 Å². The third-order valence-corrected chi connectivity index (χ3v) is 8.73. The smallest absolute Gasteiger partial charge is 0.276 e. The van der Waals surface area contributed by atoms with Crippen LogP contribution in [0.2, 0.25) is 0 Å². The van der Waals surface area contributed by atoms with Crippen molar-refractivity contribution in [2.24, 2.45) is 0 Å². The van der Waals surface area contributed by atoms with E-state index in [1.165, 1.54) is 23.5 Å². The van der Waals surface area contributed by atoms with E-state index in [0.717, 1.165) is 22.2 Å². The minimum absolute atomic E-state index is 0.164. The predicted molar refractivity (Wildman–Crippen MR) is 164 cm³/mol. The van der Waals surface area contributed by atoms with Gasteiger partial charge in [-0.1, -0.05) is 36.4 Å². The van der Waals surface area contributed by atoms with Crippen LogP contribution >= 0.6 is 11.3 Å². The normalized spacial score (nSPS) is 12.5. The van der Waals surface area contributed by atoms with Crippen molar-refractivity contribution >= 4 is 45.6 Å². The first-order chi connectivity index (χ1) is 20.9. The maximum Gasteiger partial charge on any atom is 0.276 e. The summed E-state index contributed by atoms with van der Waals surface area (Å²) in [6.45, 7) is 2.10. The summed E-state index contributed by atoms with van der Waals surface area (Å²) in [6.07, 6.45) is 3.35. The molecule has 6 aromatic rings. The number of carbonyl (C=O) groups is 2. The zero-order valence-electron chi connectivity index (χ0n) is 22.8. The average molecular weight is 592 g/mol. The number of nitrogens with zero attached hydrogens (tertiary/aromatic N) is 3. The number of pyridine rings is 2. The summed E-state index contributed by atoms with van der Waals surface area (Å²) in [5.41, 5.74) is 5.20. The zero-order chi connectivity index (χ0) is 29.7. The molecule has 0 bridgehead atoms. The van der Waals surface area contributed by atoms with Crippen LogP contribution in [0.25, 0.3) is 32.7 Å². The summed E-state index contributed by atoms with van der Waals surface area (Å²) < 4.78 is 28.3. The molecule has 0 saturated carbocycles. The fourth-order valence-electron chi connectivity index (χ4n) is 5.42. The van der Waals surface area contributed by atoms with Crippen LogP contribution in [0.15, 0.2) is 85.2 Å². The van der Waals surface area contributed by atoms with Gasteiger partial charge in [0.15, 0.2) is 0 Å². The van der Waals surface area contributed by atoms with E-state index in [9.17, 15) is 18.4 Å². The number of aryl methyl sites for hydroxylation is 1. The molecule has 4 aromatic heterocycles. The van der Waals surface area contributed by atoms with Gasteiger partial charge in [0.05, 0.1) is 28.1 Å². The fourth-order valence-corrected chi connectivity index (χ4v) is 6.56. The number of halogens is 2. The van der Waals surface area contributed by atoms with Gasteiger partial charge < -0.3 is 15.2 Å². The average Bonchev–Trinajstić information content (AvgIpc) is 3.60. The molecule has 0 atom stereocenters. The first-order valence-electron chi connectivity index (χ1n) is 13.6. The zero-order valence-corrected chi connectivity index (χ0v) is 23.6. The molecule has 0 fully saturated rings. The van der Waals surface area contributed by atoms with Gasteiger partial charge in [-0.25, -0.2) is 18.7 Å². The van der Waals surface area contributed by atoms with Gasteiger partial charge in [-0.2, -0.15) is 0 Å². The lowest BCUT2D eigenvalue weighted by Gasteiger charge is -2.23. The molecule has 7 nitrogen and oxygen atoms in total. The molecule has 1 aliphatic heterocycles. The van der Waals surface area contributed by atoms with E-state index in [-0.39, 0.29) is 23.2 Å². The first-order valence-corrected chi connectivity index (χ1v) is 14.4. The molecule has 0 aliphatic carbocycles. The van der Waals surface area contributed by atoms with Gasteiger partial charge >= 0.3 is 0 Å². The standard InChI is InChI=1S/C33H23F2N5O2S/c1-18-6-4-8-24(35)29(18)39-32(41)28-14-19-12-13-40(27-11-3-2-7-21(27)30(19)43-28)33(42)26-10-5-9-25(38-26)23-17-37-31-22(23)15-20(34)16-36-31/h2-11,14-17H,12-13H2,1H3,(H,36,37)(H,39,41). The number of aromatic nitrogens is 3. The lowest BCUT2D eigenvalue weighted by Crippen LogP contribution is -2.33. The molecule has 7 rings (SSSR count). The molecule has 1 aliphatic rings. The van der Waals surface area contributed by atoms with Crippen LogP contribution in [0.3, 0.4) is 0 Å². The molecule has 0 saturated heterocycles. The van der Waals surface area contributed by atoms with Crippen LogP contribution < -0.4 is 10.2 Å². The molecule has 2 amide bonds. The van der Waals surface area contributed by atoms with Crippen LogP contribution in [0.1, 0.15) is 31.3 Å². The molecule has 43 heavy (non-hydrogen) atoms. The minimum Gasteiger partial charge on any atom is -0.345 e. The Balaban J connectivity index is 1.21. The molecule has 0 unspecified atom stereocenters. The number of fused-ring (bicyclic) bond motifs is 4. The number of carbonyl (C=O) groups excluding carboxylic acids is 2. The molecular weight excluding hydrogens is 568 g/mol. The third-order valence-electron chi connectivity index (χ3n) is 7.52. The highest BCUT2D eigenvalue weighted by molar-refractivity contribution is 7.17. The van der Waals surface area contributed by atoms with E-state index < -0.39 is 11.6 Å². The second-order valence-corrected chi connectivity index (χ2v) is 11.3. The Morgan fingerprint density at radius 2 is 1.84 bits per heavy atom. The van der Waals surface area contributed by atoms with Gasteiger partial charge in [0.2, 0.25) is 0 Å². The van der Waals surface area contributed by atoms with Crippen molar-refractivity contribution in [3.63, 3.8) is 0 Å². The molecule has 0 radical (unpaired) electrons. The van der Waals surface area contributed by atoms with Crippen LogP contribution in [0.4, 0.5) is 20.2 Å². The van der Waals surface area contributed by atoms with Crippen LogP contribution in [0.5, 0.6) is 0 Å². The summed E-state index contributed by atoms with van der Waals surface area (Å²) in [7, 11) is 0. The number of anilines is 2. The number of amides is 2. The van der Waals surface area contributed by atoms with Crippen LogP contribution in [-0.2, 0) is 6.42 Å². The number of hydrogen-bond acceptors (Lipinski definition) is 5. The van der Waals surface area contributed by atoms with E-state index in [4.69, 9.17) is 0 Å². The largest absolute Gasteiger partial charge is 0.345 e. The monoisotopic (exact) mass is 591 g/mol. The summed E-state index contributed by atoms with van der Waals surface area (Å²) in [6, 6.07) is 20.6. The Labute approximate surface area is 248 Å². The highest BCUT2D eigenvalue weighted by Crippen LogP contribution is 2.42. The molecule has 2 aromatic carbocycles. The Morgan fingerprint density at radius 1 is 1.00 bits per heavy atom. The SMILES string of the molecule is Cc1cccc(F)c1NC(=O)c1cc2c(s1)-c1ccccc1N(C(=O)c1cccc(-c3c[nH]c4ncc(F)cc34)n1)CC2. The van der Waals surface area contributed by atoms with Gasteiger partial charge in [-0.15, -0.1) is 11.3 Å². The number of H-pyrrole nitrogens is 1. The van der Waals surface area contributed by atoms with Gasteiger partial charge in [0, 0.05) is 34.1 Å². The number of para-hydroxylation sites is 2. The third kappa shape index (κ3) is 4.75. The topological polar surface area (TPSA) is 91.0 Å². The Bertz CT molecular complexity index is 2050. The number of benzene rings is 2. The van der Waals surface area contributed by atoms with Crippen molar-refractivity contribution in [1.82, 2.24) is 15.0 Å². The fraction of sp³-hybridized carbons (Fsp3) is 0.0909. The van der Waals surface area contributed by atoms with Crippen molar-refractivity contribution in [1.29, 1.82) is 0 Å². The second kappa shape index (κ2) is 10.6. The highest BCUT2D eigenvalue weighted by Gasteiger charge is 2.28. The molecular formula is C33H23F2N5O2S. The van der Waals surface area contributed by atoms with Crippen molar-refractivity contribution in [2.45, 2.75) is 13.3 Å². The predicted octanol–water partition coefficient (Wildman–Crippen LogP) is 7.40. The van der Waals surface area contributed by atoms with Gasteiger partial charge in [0.25, 0.3) is 11.8 Å². The van der Waals surface area contributed by atoms with E-state index in [1.54, 1.807) is 48.4 Å². The first kappa shape index (κ1) is 26.7. The van der Waals surface area contributed by atoms with Crippen molar-refractivity contribution in [3.05, 3.63) is 119 Å². The highest BCUT2D eigenvalue weighted by atomic mass is 32.1. The van der Waals surface area contributed by atoms with Gasteiger partial charge in [0.1, 0.15) is 23.0 Å². The maximum atomic E-state index is 14.4. The summed E-state index contributed by atoms with van der Waals surface area (Å²) in [4.78, 5) is 41.9. The lowest BCUT2D eigenvalue weighted by molar-refractivity contribution is 0.0981. The van der Waals surface area contributed by atoms with E-state index in [2.05, 4.69) is 20.3 Å². The van der Waals surface area contributed by atoms with Crippen LogP contribution in [-0.4, -0.2) is 33.3 Å². The van der Waals surface area contributed by atoms with Crippen LogP contribution in [0, 0.1) is 18.6 Å². The van der Waals surface area contributed by atoms with Crippen molar-refractivity contribution in [3.8, 4) is 21.7 Å². The quantitative estimate of drug-likeness (QED) is 0.224. The maximum absolute atomic E-state index is 14.4. The minimum atomic E-state index is -0.489. The Kier molecular flexibility index (Phi) is 6.55. The Morgan fingerprint density at radius 3 is 2.70 bits per heavy atom. The molecule has 0 spiro atoms.